The van der Waals surface area contributed by atoms with E-state index in [4.69, 9.17) is 0 Å². The van der Waals surface area contributed by atoms with Gasteiger partial charge in [-0.05, 0) is 58.2 Å². The number of nitrogens with one attached hydrogen (secondary N) is 1. The van der Waals surface area contributed by atoms with Crippen molar-refractivity contribution in [1.82, 2.24) is 10.2 Å². The molecule has 1 aliphatic rings. The zero-order chi connectivity index (χ0) is 15.2. The average molecular weight is 283 g/mol. The Hall–Kier alpha value is -0.0800. The lowest BCUT2D eigenvalue weighted by atomic mass is 9.69. The predicted octanol–water partition coefficient (Wildman–Crippen LogP) is 4.30. The maximum absolute atomic E-state index is 3.91. The summed E-state index contributed by atoms with van der Waals surface area (Å²) in [6, 6.07) is 0.648. The summed E-state index contributed by atoms with van der Waals surface area (Å²) in [5.74, 6) is 1.69. The molecule has 20 heavy (non-hydrogen) atoms. The highest BCUT2D eigenvalue weighted by molar-refractivity contribution is 5.02. The number of hydrogen-bond acceptors (Lipinski definition) is 2. The quantitative estimate of drug-likeness (QED) is 0.714. The molecule has 0 aromatic heterocycles. The van der Waals surface area contributed by atoms with E-state index in [1.54, 1.807) is 0 Å². The molecule has 1 rings (SSSR count). The summed E-state index contributed by atoms with van der Waals surface area (Å²) in [5, 5.41) is 3.91. The Balaban J connectivity index is 2.90. The Morgan fingerprint density at radius 2 is 2.00 bits per heavy atom. The Labute approximate surface area is 127 Å². The van der Waals surface area contributed by atoms with Gasteiger partial charge in [0.1, 0.15) is 0 Å². The Bertz CT molecular complexity index is 264. The van der Waals surface area contributed by atoms with Gasteiger partial charge in [0.2, 0.25) is 0 Å². The molecule has 0 saturated heterocycles. The number of rotatable bonds is 8. The molecule has 0 aliphatic heterocycles. The summed E-state index contributed by atoms with van der Waals surface area (Å²) in [5.41, 5.74) is 0.371. The normalized spacial score (nSPS) is 30.4. The fourth-order valence-corrected chi connectivity index (χ4v) is 3.98. The largest absolute Gasteiger partial charge is 0.312 e. The van der Waals surface area contributed by atoms with E-state index in [1.165, 1.54) is 44.9 Å². The minimum absolute atomic E-state index is 0.371. The monoisotopic (exact) mass is 282 g/mol. The van der Waals surface area contributed by atoms with E-state index < -0.39 is 0 Å². The molecule has 0 heterocycles. The van der Waals surface area contributed by atoms with Crippen LogP contribution < -0.4 is 5.32 Å². The summed E-state index contributed by atoms with van der Waals surface area (Å²) >= 11 is 0. The van der Waals surface area contributed by atoms with Gasteiger partial charge in [-0.2, -0.15) is 0 Å². The van der Waals surface area contributed by atoms with Gasteiger partial charge >= 0.3 is 0 Å². The van der Waals surface area contributed by atoms with E-state index in [0.717, 1.165) is 18.4 Å². The van der Waals surface area contributed by atoms with Gasteiger partial charge in [-0.15, -0.1) is 0 Å². The smallest absolute Gasteiger partial charge is 0.0359 e. The minimum Gasteiger partial charge on any atom is -0.312 e. The highest BCUT2D eigenvalue weighted by Gasteiger charge is 2.43. The van der Waals surface area contributed by atoms with Crippen molar-refractivity contribution >= 4 is 0 Å². The molecule has 1 fully saturated rings. The third-order valence-electron chi connectivity index (χ3n) is 5.52. The second-order valence-corrected chi connectivity index (χ2v) is 7.46. The van der Waals surface area contributed by atoms with Crippen LogP contribution in [-0.4, -0.2) is 37.1 Å². The van der Waals surface area contributed by atoms with Crippen LogP contribution in [0.25, 0.3) is 0 Å². The third-order valence-corrected chi connectivity index (χ3v) is 5.52. The van der Waals surface area contributed by atoms with Crippen LogP contribution in [0, 0.1) is 11.8 Å². The van der Waals surface area contributed by atoms with Gasteiger partial charge in [-0.25, -0.2) is 0 Å². The van der Waals surface area contributed by atoms with E-state index >= 15 is 0 Å². The van der Waals surface area contributed by atoms with Gasteiger partial charge < -0.3 is 10.2 Å². The second-order valence-electron chi connectivity index (χ2n) is 7.46. The molecule has 4 atom stereocenters. The average Bonchev–Trinajstić information content (AvgIpc) is 2.42. The first-order valence-corrected chi connectivity index (χ1v) is 8.87. The number of hydrogen-bond donors (Lipinski definition) is 1. The molecule has 1 aliphatic carbocycles. The Morgan fingerprint density at radius 1 is 1.30 bits per heavy atom. The molecule has 0 spiro atoms. The molecular weight excluding hydrogens is 244 g/mol. The topological polar surface area (TPSA) is 15.3 Å². The van der Waals surface area contributed by atoms with Crippen molar-refractivity contribution in [2.45, 2.75) is 84.2 Å². The van der Waals surface area contributed by atoms with Crippen molar-refractivity contribution in [3.63, 3.8) is 0 Å². The molecule has 0 bridgehead atoms. The van der Waals surface area contributed by atoms with Crippen molar-refractivity contribution in [3.8, 4) is 0 Å². The van der Waals surface area contributed by atoms with Gasteiger partial charge in [-0.3, -0.25) is 0 Å². The van der Waals surface area contributed by atoms with Gasteiger partial charge in [0, 0.05) is 11.6 Å². The standard InChI is InChI=1S/C18H38N2/c1-7-12-19-17(13-15(3)8-2)18(20(5)6)11-9-10-16(4)14-18/h15-17,19H,7-14H2,1-6H3. The van der Waals surface area contributed by atoms with Crippen LogP contribution in [-0.2, 0) is 0 Å². The molecule has 0 aromatic carbocycles. The summed E-state index contributed by atoms with van der Waals surface area (Å²) < 4.78 is 0. The first-order valence-electron chi connectivity index (χ1n) is 8.87. The maximum atomic E-state index is 3.91. The van der Waals surface area contributed by atoms with E-state index in [2.05, 4.69) is 52.0 Å². The van der Waals surface area contributed by atoms with Crippen molar-refractivity contribution in [2.75, 3.05) is 20.6 Å². The van der Waals surface area contributed by atoms with Crippen LogP contribution in [0.1, 0.15) is 72.6 Å². The summed E-state index contributed by atoms with van der Waals surface area (Å²) in [6.07, 6.45) is 9.38. The van der Waals surface area contributed by atoms with Gasteiger partial charge in [-0.1, -0.05) is 47.0 Å². The van der Waals surface area contributed by atoms with E-state index in [9.17, 15) is 0 Å². The van der Waals surface area contributed by atoms with Gasteiger partial charge in [0.05, 0.1) is 0 Å². The lowest BCUT2D eigenvalue weighted by molar-refractivity contribution is 0.0292. The van der Waals surface area contributed by atoms with E-state index in [-0.39, 0.29) is 0 Å². The highest BCUT2D eigenvalue weighted by atomic mass is 15.2. The van der Waals surface area contributed by atoms with E-state index in [1.807, 2.05) is 0 Å². The first-order chi connectivity index (χ1) is 9.46. The summed E-state index contributed by atoms with van der Waals surface area (Å²) in [6.45, 7) is 10.6. The minimum atomic E-state index is 0.371. The lowest BCUT2D eigenvalue weighted by Gasteiger charge is -2.51. The maximum Gasteiger partial charge on any atom is 0.0359 e. The van der Waals surface area contributed by atoms with Crippen LogP contribution in [0.3, 0.4) is 0 Å². The van der Waals surface area contributed by atoms with Crippen LogP contribution in [0.2, 0.25) is 0 Å². The number of likely N-dealkylation sites (N-methyl/N-ethyl adjacent to an activating group) is 1. The zero-order valence-electron chi connectivity index (χ0n) is 14.8. The molecule has 2 heteroatoms. The first kappa shape index (κ1) is 18.0. The SMILES string of the molecule is CCCNC(CC(C)CC)C1(N(C)C)CCCC(C)C1. The lowest BCUT2D eigenvalue weighted by Crippen LogP contribution is -2.61. The molecule has 0 radical (unpaired) electrons. The van der Waals surface area contributed by atoms with Crippen LogP contribution >= 0.6 is 0 Å². The molecule has 0 amide bonds. The summed E-state index contributed by atoms with van der Waals surface area (Å²) in [7, 11) is 4.60. The molecule has 4 unspecified atom stereocenters. The van der Waals surface area contributed by atoms with E-state index in [0.29, 0.717) is 11.6 Å². The molecule has 2 nitrogen and oxygen atoms in total. The molecule has 0 aromatic rings. The number of nitrogens with zero attached hydrogens (tertiary/aromatic N) is 1. The zero-order valence-corrected chi connectivity index (χ0v) is 14.8. The Kier molecular flexibility index (Phi) is 7.53. The fraction of sp³-hybridized carbons (Fsp3) is 1.00. The molecule has 1 N–H and O–H groups in total. The Morgan fingerprint density at radius 3 is 2.50 bits per heavy atom. The van der Waals surface area contributed by atoms with Gasteiger partial charge in [0.25, 0.3) is 0 Å². The van der Waals surface area contributed by atoms with Crippen molar-refractivity contribution in [1.29, 1.82) is 0 Å². The fourth-order valence-electron chi connectivity index (χ4n) is 3.98. The van der Waals surface area contributed by atoms with Crippen molar-refractivity contribution < 1.29 is 0 Å². The predicted molar refractivity (Wildman–Crippen MR) is 90.2 cm³/mol. The third kappa shape index (κ3) is 4.46. The molecule has 1 saturated carbocycles. The van der Waals surface area contributed by atoms with Crippen molar-refractivity contribution in [3.05, 3.63) is 0 Å². The highest BCUT2D eigenvalue weighted by Crippen LogP contribution is 2.40. The van der Waals surface area contributed by atoms with Crippen molar-refractivity contribution in [2.24, 2.45) is 11.8 Å². The van der Waals surface area contributed by atoms with Crippen LogP contribution in [0.4, 0.5) is 0 Å². The van der Waals surface area contributed by atoms with Crippen LogP contribution in [0.15, 0.2) is 0 Å². The molecule has 120 valence electrons. The van der Waals surface area contributed by atoms with Crippen LogP contribution in [0.5, 0.6) is 0 Å². The summed E-state index contributed by atoms with van der Waals surface area (Å²) in [4.78, 5) is 2.54. The second kappa shape index (κ2) is 8.38. The molecular formula is C18H38N2. The van der Waals surface area contributed by atoms with Gasteiger partial charge in [0.15, 0.2) is 0 Å².